The van der Waals surface area contributed by atoms with Crippen LogP contribution in [0.1, 0.15) is 18.4 Å². The van der Waals surface area contributed by atoms with E-state index in [0.29, 0.717) is 12.5 Å². The lowest BCUT2D eigenvalue weighted by Gasteiger charge is -2.10. The zero-order chi connectivity index (χ0) is 16.5. The highest BCUT2D eigenvalue weighted by atomic mass is 16.5. The lowest BCUT2D eigenvalue weighted by molar-refractivity contribution is -0.124. The Morgan fingerprint density at radius 2 is 2.04 bits per heavy atom. The molecule has 4 rings (SSSR count). The van der Waals surface area contributed by atoms with Gasteiger partial charge < -0.3 is 14.5 Å². The summed E-state index contributed by atoms with van der Waals surface area (Å²) in [5.41, 5.74) is 4.38. The molecular formula is C19H18N2O3. The molecule has 0 saturated carbocycles. The average Bonchev–Trinajstić information content (AvgIpc) is 3.24. The van der Waals surface area contributed by atoms with Gasteiger partial charge in [-0.3, -0.25) is 4.79 Å². The smallest absolute Gasteiger partial charge is 0.253 e. The fourth-order valence-corrected chi connectivity index (χ4v) is 2.86. The molecule has 5 nitrogen and oxygen atoms in total. The number of aromatic nitrogens is 1. The molecule has 24 heavy (non-hydrogen) atoms. The Morgan fingerprint density at radius 1 is 1.21 bits per heavy atom. The number of anilines is 1. The van der Waals surface area contributed by atoms with Gasteiger partial charge in [0.15, 0.2) is 5.58 Å². The number of hydrogen-bond acceptors (Lipinski definition) is 4. The summed E-state index contributed by atoms with van der Waals surface area (Å²) < 4.78 is 11.2. The summed E-state index contributed by atoms with van der Waals surface area (Å²) >= 11 is 0. The van der Waals surface area contributed by atoms with Crippen molar-refractivity contribution in [2.45, 2.75) is 25.9 Å². The van der Waals surface area contributed by atoms with Gasteiger partial charge in [-0.15, -0.1) is 0 Å². The summed E-state index contributed by atoms with van der Waals surface area (Å²) in [5, 5.41) is 2.88. The fraction of sp³-hybridized carbons (Fsp3) is 0.263. The van der Waals surface area contributed by atoms with Gasteiger partial charge in [0.2, 0.25) is 5.89 Å². The van der Waals surface area contributed by atoms with Crippen molar-refractivity contribution in [1.82, 2.24) is 4.98 Å². The van der Waals surface area contributed by atoms with E-state index in [-0.39, 0.29) is 12.0 Å². The topological polar surface area (TPSA) is 64.4 Å². The van der Waals surface area contributed by atoms with Crippen LogP contribution < -0.4 is 5.32 Å². The Balaban J connectivity index is 1.53. The monoisotopic (exact) mass is 322 g/mol. The van der Waals surface area contributed by atoms with Crippen LogP contribution in [0.15, 0.2) is 46.9 Å². The van der Waals surface area contributed by atoms with E-state index in [9.17, 15) is 4.79 Å². The van der Waals surface area contributed by atoms with Gasteiger partial charge in [-0.25, -0.2) is 4.98 Å². The van der Waals surface area contributed by atoms with Crippen LogP contribution in [0, 0.1) is 6.92 Å². The van der Waals surface area contributed by atoms with E-state index >= 15 is 0 Å². The molecule has 0 radical (unpaired) electrons. The van der Waals surface area contributed by atoms with Crippen molar-refractivity contribution >= 4 is 22.7 Å². The number of oxazole rings is 1. The number of nitrogens with zero attached hydrogens (tertiary/aromatic N) is 1. The van der Waals surface area contributed by atoms with E-state index in [4.69, 9.17) is 9.15 Å². The molecule has 1 fully saturated rings. The Labute approximate surface area is 139 Å². The number of benzene rings is 2. The third kappa shape index (κ3) is 2.90. The molecule has 1 atom stereocenters. The molecule has 1 N–H and O–H groups in total. The maximum absolute atomic E-state index is 12.1. The Kier molecular flexibility index (Phi) is 3.78. The molecule has 0 unspecified atom stereocenters. The van der Waals surface area contributed by atoms with Crippen LogP contribution in [0.2, 0.25) is 0 Å². The summed E-state index contributed by atoms with van der Waals surface area (Å²) in [5.74, 6) is 0.491. The Hall–Kier alpha value is -2.66. The number of carbonyl (C=O) groups excluding carboxylic acids is 1. The van der Waals surface area contributed by atoms with Crippen LogP contribution in [0.3, 0.4) is 0 Å². The summed E-state index contributed by atoms with van der Waals surface area (Å²) in [6, 6.07) is 13.4. The van der Waals surface area contributed by atoms with Crippen LogP contribution in [-0.2, 0) is 9.53 Å². The minimum absolute atomic E-state index is 0.0856. The first-order valence-electron chi connectivity index (χ1n) is 8.09. The summed E-state index contributed by atoms with van der Waals surface area (Å²) in [7, 11) is 0. The van der Waals surface area contributed by atoms with Crippen molar-refractivity contribution in [3.8, 4) is 11.5 Å². The van der Waals surface area contributed by atoms with Gasteiger partial charge in [-0.05, 0) is 61.7 Å². The third-order valence-corrected chi connectivity index (χ3v) is 4.16. The molecule has 2 aromatic carbocycles. The third-order valence-electron chi connectivity index (χ3n) is 4.16. The van der Waals surface area contributed by atoms with E-state index in [1.54, 1.807) is 0 Å². The van der Waals surface area contributed by atoms with Crippen molar-refractivity contribution in [3.05, 3.63) is 48.0 Å². The number of aryl methyl sites for hydroxylation is 1. The molecule has 3 aromatic rings. The number of amides is 1. The number of rotatable bonds is 3. The second kappa shape index (κ2) is 6.09. The molecule has 1 amide bonds. The molecule has 1 saturated heterocycles. The molecule has 1 aliphatic heterocycles. The number of hydrogen-bond donors (Lipinski definition) is 1. The van der Waals surface area contributed by atoms with Crippen LogP contribution in [0.4, 0.5) is 5.69 Å². The Morgan fingerprint density at radius 3 is 2.79 bits per heavy atom. The minimum Gasteiger partial charge on any atom is -0.436 e. The van der Waals surface area contributed by atoms with E-state index in [0.717, 1.165) is 40.8 Å². The molecule has 0 spiro atoms. The molecule has 2 heterocycles. The van der Waals surface area contributed by atoms with Crippen molar-refractivity contribution in [2.24, 2.45) is 0 Å². The molecule has 1 aliphatic rings. The SMILES string of the molecule is Cc1ccc2oc(-c3ccc(NC(=O)[C@H]4CCCO4)cc3)nc2c1. The van der Waals surface area contributed by atoms with E-state index < -0.39 is 0 Å². The standard InChI is InChI=1S/C19H18N2O3/c1-12-4-9-16-15(11-12)21-19(24-16)13-5-7-14(8-6-13)20-18(22)17-3-2-10-23-17/h4-9,11,17H,2-3,10H2,1H3,(H,20,22)/t17-/m1/s1. The average molecular weight is 322 g/mol. The number of ether oxygens (including phenoxy) is 1. The van der Waals surface area contributed by atoms with Crippen molar-refractivity contribution in [1.29, 1.82) is 0 Å². The van der Waals surface area contributed by atoms with Crippen LogP contribution in [0.5, 0.6) is 0 Å². The van der Waals surface area contributed by atoms with Crippen LogP contribution in [0.25, 0.3) is 22.6 Å². The summed E-state index contributed by atoms with van der Waals surface area (Å²) in [4.78, 5) is 16.6. The fourth-order valence-electron chi connectivity index (χ4n) is 2.86. The van der Waals surface area contributed by atoms with Crippen LogP contribution >= 0.6 is 0 Å². The van der Waals surface area contributed by atoms with Crippen molar-refractivity contribution in [2.75, 3.05) is 11.9 Å². The largest absolute Gasteiger partial charge is 0.436 e. The van der Waals surface area contributed by atoms with Gasteiger partial charge in [-0.2, -0.15) is 0 Å². The molecule has 122 valence electrons. The van der Waals surface area contributed by atoms with Gasteiger partial charge in [0.05, 0.1) is 0 Å². The molecule has 0 bridgehead atoms. The van der Waals surface area contributed by atoms with Gasteiger partial charge in [0, 0.05) is 17.9 Å². The zero-order valence-corrected chi connectivity index (χ0v) is 13.4. The zero-order valence-electron chi connectivity index (χ0n) is 13.4. The maximum atomic E-state index is 12.1. The van der Waals surface area contributed by atoms with Crippen molar-refractivity contribution < 1.29 is 13.9 Å². The Bertz CT molecular complexity index is 877. The molecule has 1 aromatic heterocycles. The predicted octanol–water partition coefficient (Wildman–Crippen LogP) is 3.92. The second-order valence-corrected chi connectivity index (χ2v) is 6.06. The van der Waals surface area contributed by atoms with Gasteiger partial charge in [0.25, 0.3) is 5.91 Å². The summed E-state index contributed by atoms with van der Waals surface area (Å²) in [6.45, 7) is 2.69. The van der Waals surface area contributed by atoms with Gasteiger partial charge >= 0.3 is 0 Å². The first-order chi connectivity index (χ1) is 11.7. The maximum Gasteiger partial charge on any atom is 0.253 e. The quantitative estimate of drug-likeness (QED) is 0.794. The summed E-state index contributed by atoms with van der Waals surface area (Å²) in [6.07, 6.45) is 1.39. The lowest BCUT2D eigenvalue weighted by Crippen LogP contribution is -2.26. The normalized spacial score (nSPS) is 17.3. The highest BCUT2D eigenvalue weighted by Crippen LogP contribution is 2.26. The lowest BCUT2D eigenvalue weighted by atomic mass is 10.2. The highest BCUT2D eigenvalue weighted by molar-refractivity contribution is 5.94. The van der Waals surface area contributed by atoms with Gasteiger partial charge in [-0.1, -0.05) is 6.07 Å². The van der Waals surface area contributed by atoms with E-state index in [1.807, 2.05) is 49.4 Å². The first kappa shape index (κ1) is 14.9. The van der Waals surface area contributed by atoms with E-state index in [2.05, 4.69) is 10.3 Å². The van der Waals surface area contributed by atoms with Crippen molar-refractivity contribution in [3.63, 3.8) is 0 Å². The molecular weight excluding hydrogens is 304 g/mol. The number of nitrogens with one attached hydrogen (secondary N) is 1. The van der Waals surface area contributed by atoms with Gasteiger partial charge in [0.1, 0.15) is 11.6 Å². The molecule has 5 heteroatoms. The van der Waals surface area contributed by atoms with Crippen LogP contribution in [-0.4, -0.2) is 23.6 Å². The number of fused-ring (bicyclic) bond motifs is 1. The first-order valence-corrected chi connectivity index (χ1v) is 8.09. The minimum atomic E-state index is -0.329. The highest BCUT2D eigenvalue weighted by Gasteiger charge is 2.23. The molecule has 0 aliphatic carbocycles. The number of carbonyl (C=O) groups is 1. The van der Waals surface area contributed by atoms with E-state index in [1.165, 1.54) is 0 Å². The predicted molar refractivity (Wildman–Crippen MR) is 91.8 cm³/mol. The second-order valence-electron chi connectivity index (χ2n) is 6.06.